The van der Waals surface area contributed by atoms with Crippen molar-refractivity contribution in [2.75, 3.05) is 39.3 Å². The van der Waals surface area contributed by atoms with Crippen molar-refractivity contribution in [3.8, 4) is 0 Å². The molecular weight excluding hydrogens is 365 g/mol. The van der Waals surface area contributed by atoms with Gasteiger partial charge in [-0.1, -0.05) is 35.9 Å². The van der Waals surface area contributed by atoms with Crippen LogP contribution in [-0.4, -0.2) is 55.0 Å². The van der Waals surface area contributed by atoms with E-state index in [-0.39, 0.29) is 11.7 Å². The van der Waals surface area contributed by atoms with Gasteiger partial charge < -0.3 is 5.32 Å². The maximum atomic E-state index is 12.9. The Labute approximate surface area is 164 Å². The van der Waals surface area contributed by atoms with Crippen molar-refractivity contribution in [1.82, 2.24) is 15.1 Å². The second-order valence-corrected chi connectivity index (χ2v) is 7.35. The minimum Gasteiger partial charge on any atom is -0.355 e. The number of hydrogen-bond donors (Lipinski definition) is 1. The Morgan fingerprint density at radius 1 is 1.00 bits per heavy atom. The molecule has 0 aliphatic carbocycles. The van der Waals surface area contributed by atoms with Crippen LogP contribution in [0.25, 0.3) is 0 Å². The standard InChI is InChI=1S/C21H25ClFN3O/c22-19-3-1-2-18(14-19)15-25-10-12-26(13-11-25)16-21(27)24-9-8-17-4-6-20(23)7-5-17/h1-7,14H,8-13,15-16H2,(H,24,27). The lowest BCUT2D eigenvalue weighted by Crippen LogP contribution is -2.49. The highest BCUT2D eigenvalue weighted by Crippen LogP contribution is 2.14. The topological polar surface area (TPSA) is 35.6 Å². The Kier molecular flexibility index (Phi) is 7.21. The molecule has 0 aromatic heterocycles. The third kappa shape index (κ3) is 6.61. The molecule has 0 saturated carbocycles. The van der Waals surface area contributed by atoms with Crippen LogP contribution in [0.3, 0.4) is 0 Å². The number of nitrogens with zero attached hydrogens (tertiary/aromatic N) is 2. The van der Waals surface area contributed by atoms with Crippen molar-refractivity contribution in [2.45, 2.75) is 13.0 Å². The van der Waals surface area contributed by atoms with Crippen LogP contribution in [-0.2, 0) is 17.8 Å². The summed E-state index contributed by atoms with van der Waals surface area (Å²) in [5, 5.41) is 3.71. The molecule has 2 aromatic carbocycles. The second-order valence-electron chi connectivity index (χ2n) is 6.91. The summed E-state index contributed by atoms with van der Waals surface area (Å²) < 4.78 is 12.9. The predicted molar refractivity (Wildman–Crippen MR) is 106 cm³/mol. The fourth-order valence-corrected chi connectivity index (χ4v) is 3.47. The average molecular weight is 390 g/mol. The molecule has 1 N–H and O–H groups in total. The lowest BCUT2D eigenvalue weighted by molar-refractivity contribution is -0.122. The van der Waals surface area contributed by atoms with Gasteiger partial charge in [-0.05, 0) is 41.8 Å². The first-order chi connectivity index (χ1) is 13.1. The Bertz CT molecular complexity index is 745. The van der Waals surface area contributed by atoms with Crippen molar-refractivity contribution in [2.24, 2.45) is 0 Å². The van der Waals surface area contributed by atoms with Gasteiger partial charge in [0.1, 0.15) is 5.82 Å². The van der Waals surface area contributed by atoms with Crippen LogP contribution in [0.15, 0.2) is 48.5 Å². The molecular formula is C21H25ClFN3O. The molecule has 1 amide bonds. The van der Waals surface area contributed by atoms with Crippen molar-refractivity contribution >= 4 is 17.5 Å². The van der Waals surface area contributed by atoms with Crippen molar-refractivity contribution < 1.29 is 9.18 Å². The molecule has 2 aromatic rings. The summed E-state index contributed by atoms with van der Waals surface area (Å²) in [5.41, 5.74) is 2.24. The van der Waals surface area contributed by atoms with E-state index < -0.39 is 0 Å². The minimum atomic E-state index is -0.239. The first-order valence-electron chi connectivity index (χ1n) is 9.29. The highest BCUT2D eigenvalue weighted by molar-refractivity contribution is 6.30. The third-order valence-electron chi connectivity index (χ3n) is 4.78. The summed E-state index contributed by atoms with van der Waals surface area (Å²) in [6.45, 7) is 5.52. The second kappa shape index (κ2) is 9.83. The highest BCUT2D eigenvalue weighted by Gasteiger charge is 2.18. The van der Waals surface area contributed by atoms with Gasteiger partial charge in [-0.3, -0.25) is 14.6 Å². The normalized spacial score (nSPS) is 15.6. The number of halogens is 2. The summed E-state index contributed by atoms with van der Waals surface area (Å²) in [7, 11) is 0. The number of amides is 1. The molecule has 0 radical (unpaired) electrons. The zero-order valence-electron chi connectivity index (χ0n) is 15.3. The van der Waals surface area contributed by atoms with Gasteiger partial charge in [0.25, 0.3) is 0 Å². The molecule has 1 saturated heterocycles. The quantitative estimate of drug-likeness (QED) is 0.790. The number of piperazine rings is 1. The van der Waals surface area contributed by atoms with E-state index >= 15 is 0 Å². The van der Waals surface area contributed by atoms with E-state index in [1.165, 1.54) is 17.7 Å². The number of nitrogens with one attached hydrogen (secondary N) is 1. The van der Waals surface area contributed by atoms with E-state index in [0.717, 1.165) is 43.3 Å². The SMILES string of the molecule is O=C(CN1CCN(Cc2cccc(Cl)c2)CC1)NCCc1ccc(F)cc1. The minimum absolute atomic E-state index is 0.0420. The van der Waals surface area contributed by atoms with Crippen LogP contribution in [0.1, 0.15) is 11.1 Å². The molecule has 0 spiro atoms. The lowest BCUT2D eigenvalue weighted by Gasteiger charge is -2.34. The van der Waals surface area contributed by atoms with E-state index in [0.29, 0.717) is 19.5 Å². The van der Waals surface area contributed by atoms with Crippen LogP contribution in [0.4, 0.5) is 4.39 Å². The molecule has 1 heterocycles. The highest BCUT2D eigenvalue weighted by atomic mass is 35.5. The third-order valence-corrected chi connectivity index (χ3v) is 5.01. The maximum absolute atomic E-state index is 12.9. The largest absolute Gasteiger partial charge is 0.355 e. The smallest absolute Gasteiger partial charge is 0.234 e. The average Bonchev–Trinajstić information content (AvgIpc) is 2.65. The molecule has 4 nitrogen and oxygen atoms in total. The fraction of sp³-hybridized carbons (Fsp3) is 0.381. The summed E-state index contributed by atoms with van der Waals surface area (Å²) >= 11 is 6.04. The molecule has 0 unspecified atom stereocenters. The molecule has 1 aliphatic heterocycles. The number of hydrogen-bond acceptors (Lipinski definition) is 3. The van der Waals surface area contributed by atoms with E-state index in [1.54, 1.807) is 12.1 Å². The maximum Gasteiger partial charge on any atom is 0.234 e. The summed E-state index contributed by atoms with van der Waals surface area (Å²) in [6.07, 6.45) is 0.708. The fourth-order valence-electron chi connectivity index (χ4n) is 3.26. The molecule has 1 aliphatic rings. The zero-order chi connectivity index (χ0) is 19.1. The van der Waals surface area contributed by atoms with E-state index in [2.05, 4.69) is 21.2 Å². The summed E-state index contributed by atoms with van der Waals surface area (Å²) in [6, 6.07) is 14.3. The van der Waals surface area contributed by atoms with Gasteiger partial charge in [-0.2, -0.15) is 0 Å². The monoisotopic (exact) mass is 389 g/mol. The molecule has 3 rings (SSSR count). The Morgan fingerprint density at radius 3 is 2.41 bits per heavy atom. The predicted octanol–water partition coefficient (Wildman–Crippen LogP) is 2.96. The van der Waals surface area contributed by atoms with Crippen LogP contribution in [0, 0.1) is 5.82 Å². The Hall–Kier alpha value is -1.95. The van der Waals surface area contributed by atoms with Gasteiger partial charge in [0.05, 0.1) is 6.54 Å². The first-order valence-corrected chi connectivity index (χ1v) is 9.66. The molecule has 0 bridgehead atoms. The van der Waals surface area contributed by atoms with Crippen molar-refractivity contribution in [3.05, 3.63) is 70.5 Å². The number of benzene rings is 2. The van der Waals surface area contributed by atoms with E-state index in [9.17, 15) is 9.18 Å². The Morgan fingerprint density at radius 2 is 1.70 bits per heavy atom. The van der Waals surface area contributed by atoms with Gasteiger partial charge in [0, 0.05) is 44.3 Å². The van der Waals surface area contributed by atoms with Crippen LogP contribution < -0.4 is 5.32 Å². The molecule has 27 heavy (non-hydrogen) atoms. The Balaban J connectivity index is 1.33. The molecule has 6 heteroatoms. The molecule has 144 valence electrons. The summed E-state index contributed by atoms with van der Waals surface area (Å²) in [5.74, 6) is -0.197. The number of carbonyl (C=O) groups is 1. The van der Waals surface area contributed by atoms with Crippen LogP contribution >= 0.6 is 11.6 Å². The lowest BCUT2D eigenvalue weighted by atomic mass is 10.1. The zero-order valence-corrected chi connectivity index (χ0v) is 16.1. The molecule has 1 fully saturated rings. The van der Waals surface area contributed by atoms with Crippen LogP contribution in [0.5, 0.6) is 0 Å². The van der Waals surface area contributed by atoms with E-state index in [1.807, 2.05) is 18.2 Å². The van der Waals surface area contributed by atoms with Crippen molar-refractivity contribution in [1.29, 1.82) is 0 Å². The summed E-state index contributed by atoms with van der Waals surface area (Å²) in [4.78, 5) is 16.7. The van der Waals surface area contributed by atoms with Gasteiger partial charge in [-0.25, -0.2) is 4.39 Å². The van der Waals surface area contributed by atoms with Crippen molar-refractivity contribution in [3.63, 3.8) is 0 Å². The number of rotatable bonds is 7. The number of carbonyl (C=O) groups excluding carboxylic acids is 1. The van der Waals surface area contributed by atoms with Gasteiger partial charge in [-0.15, -0.1) is 0 Å². The molecule has 0 atom stereocenters. The van der Waals surface area contributed by atoms with Crippen LogP contribution in [0.2, 0.25) is 5.02 Å². The van der Waals surface area contributed by atoms with Gasteiger partial charge in [0.2, 0.25) is 5.91 Å². The van der Waals surface area contributed by atoms with E-state index in [4.69, 9.17) is 11.6 Å². The first kappa shape index (κ1) is 19.8. The van der Waals surface area contributed by atoms with Gasteiger partial charge >= 0.3 is 0 Å². The van der Waals surface area contributed by atoms with Gasteiger partial charge in [0.15, 0.2) is 0 Å².